The third-order valence-corrected chi connectivity index (χ3v) is 6.79. The number of piperidine rings is 1. The van der Waals surface area contributed by atoms with Crippen LogP contribution in [0.5, 0.6) is 0 Å². The molecular weight excluding hydrogens is 467 g/mol. The summed E-state index contributed by atoms with van der Waals surface area (Å²) in [5.41, 5.74) is -1.59. The first kappa shape index (κ1) is 24.7. The fourth-order valence-corrected chi connectivity index (χ4v) is 5.08. The first-order valence-corrected chi connectivity index (χ1v) is 11.3. The summed E-state index contributed by atoms with van der Waals surface area (Å²) in [4.78, 5) is 39.3. The number of carboxylic acid groups (broad SMARTS) is 1. The second kappa shape index (κ2) is 9.33. The molecule has 2 aliphatic rings. The van der Waals surface area contributed by atoms with Crippen LogP contribution in [0, 0.1) is 0 Å². The zero-order valence-electron chi connectivity index (χ0n) is 19.1. The van der Waals surface area contributed by atoms with Crippen molar-refractivity contribution in [1.29, 1.82) is 0 Å². The van der Waals surface area contributed by atoms with Gasteiger partial charge in [-0.05, 0) is 49.9 Å². The van der Waals surface area contributed by atoms with Crippen molar-refractivity contribution in [2.24, 2.45) is 0 Å². The highest BCUT2D eigenvalue weighted by Crippen LogP contribution is 2.40. The second-order valence-corrected chi connectivity index (χ2v) is 9.03. The molecule has 2 aliphatic heterocycles. The average Bonchev–Trinajstić information content (AvgIpc) is 3.40. The van der Waals surface area contributed by atoms with Crippen molar-refractivity contribution in [3.63, 3.8) is 0 Å². The number of likely N-dealkylation sites (tertiary alicyclic amines) is 2. The van der Waals surface area contributed by atoms with Crippen molar-refractivity contribution in [3.8, 4) is 0 Å². The topological polar surface area (TPSA) is 108 Å². The van der Waals surface area contributed by atoms with Gasteiger partial charge in [-0.15, -0.1) is 5.10 Å². The molecule has 0 aliphatic carbocycles. The lowest BCUT2D eigenvalue weighted by molar-refractivity contribution is -0.138. The normalized spacial score (nSPS) is 18.1. The molecule has 1 spiro atoms. The van der Waals surface area contributed by atoms with Gasteiger partial charge in [0.05, 0.1) is 11.1 Å². The largest absolute Gasteiger partial charge is 0.478 e. The van der Waals surface area contributed by atoms with Crippen LogP contribution >= 0.6 is 0 Å². The summed E-state index contributed by atoms with van der Waals surface area (Å²) in [5.74, 6) is -1.60. The molecule has 1 aromatic heterocycles. The molecular formula is C23H26F3N5O4. The Hall–Kier alpha value is -3.41. The van der Waals surface area contributed by atoms with Gasteiger partial charge in [-0.2, -0.15) is 17.9 Å². The maximum absolute atomic E-state index is 13.2. The molecule has 0 saturated carbocycles. The van der Waals surface area contributed by atoms with Crippen LogP contribution in [0.25, 0.3) is 0 Å². The maximum Gasteiger partial charge on any atom is 0.417 e. The number of rotatable bonds is 4. The number of halogens is 3. The van der Waals surface area contributed by atoms with E-state index in [2.05, 4.69) is 15.3 Å². The SMILES string of the molecule is CC(=O)Nc1ccn(C(=O)N2CCC3(CCCN3Cc3ccc(C(F)(F)F)c(C(=O)O)c3)CC2)n1. The van der Waals surface area contributed by atoms with Crippen LogP contribution in [0.15, 0.2) is 30.5 Å². The lowest BCUT2D eigenvalue weighted by atomic mass is 9.84. The van der Waals surface area contributed by atoms with Crippen LogP contribution in [-0.2, 0) is 17.5 Å². The summed E-state index contributed by atoms with van der Waals surface area (Å²) in [7, 11) is 0. The summed E-state index contributed by atoms with van der Waals surface area (Å²) >= 11 is 0. The molecule has 2 N–H and O–H groups in total. The molecule has 0 radical (unpaired) electrons. The number of anilines is 1. The highest BCUT2D eigenvalue weighted by atomic mass is 19.4. The van der Waals surface area contributed by atoms with Crippen molar-refractivity contribution in [2.75, 3.05) is 25.0 Å². The Kier molecular flexibility index (Phi) is 6.58. The Labute approximate surface area is 199 Å². The summed E-state index contributed by atoms with van der Waals surface area (Å²) < 4.78 is 40.7. The van der Waals surface area contributed by atoms with Crippen LogP contribution in [-0.4, -0.2) is 67.8 Å². The lowest BCUT2D eigenvalue weighted by Gasteiger charge is -2.45. The van der Waals surface area contributed by atoms with Gasteiger partial charge in [0.25, 0.3) is 0 Å². The number of nitrogens with zero attached hydrogens (tertiary/aromatic N) is 4. The molecule has 0 atom stereocenters. The number of carbonyl (C=O) groups excluding carboxylic acids is 2. The molecule has 2 fully saturated rings. The van der Waals surface area contributed by atoms with Gasteiger partial charge >= 0.3 is 18.2 Å². The minimum absolute atomic E-state index is 0.200. The predicted molar refractivity (Wildman–Crippen MR) is 119 cm³/mol. The molecule has 9 nitrogen and oxygen atoms in total. The number of amides is 2. The van der Waals surface area contributed by atoms with Gasteiger partial charge in [0.2, 0.25) is 5.91 Å². The van der Waals surface area contributed by atoms with Gasteiger partial charge in [0, 0.05) is 44.4 Å². The third-order valence-electron chi connectivity index (χ3n) is 6.79. The standard InChI is InChI=1S/C23H26F3N5O4/c1-15(32)27-19-5-10-31(28-19)21(35)29-11-7-22(8-12-29)6-2-9-30(22)14-16-3-4-18(23(24,25)26)17(13-16)20(33)34/h3-5,10,13H,2,6-9,11-12,14H2,1H3,(H,33,34)(H,27,28,32). The van der Waals surface area contributed by atoms with Gasteiger partial charge in [0.1, 0.15) is 0 Å². The smallest absolute Gasteiger partial charge is 0.417 e. The fraction of sp³-hybridized carbons (Fsp3) is 0.478. The minimum atomic E-state index is -4.74. The van der Waals surface area contributed by atoms with E-state index in [1.54, 1.807) is 11.0 Å². The van der Waals surface area contributed by atoms with Gasteiger partial charge in [-0.3, -0.25) is 9.69 Å². The van der Waals surface area contributed by atoms with Gasteiger partial charge in [-0.25, -0.2) is 9.59 Å². The van der Waals surface area contributed by atoms with Crippen LogP contribution in [0.2, 0.25) is 0 Å². The molecule has 2 saturated heterocycles. The first-order valence-electron chi connectivity index (χ1n) is 11.3. The van der Waals surface area contributed by atoms with E-state index in [1.165, 1.54) is 23.9 Å². The van der Waals surface area contributed by atoms with Crippen LogP contribution in [0.3, 0.4) is 0 Å². The molecule has 35 heavy (non-hydrogen) atoms. The average molecular weight is 493 g/mol. The van der Waals surface area contributed by atoms with Gasteiger partial charge in [0.15, 0.2) is 5.82 Å². The number of carboxylic acids is 1. The number of hydrogen-bond acceptors (Lipinski definition) is 5. The first-order chi connectivity index (χ1) is 16.5. The van der Waals surface area contributed by atoms with E-state index in [-0.39, 0.29) is 17.5 Å². The second-order valence-electron chi connectivity index (χ2n) is 9.03. The van der Waals surface area contributed by atoms with E-state index >= 15 is 0 Å². The Bertz CT molecular complexity index is 1140. The van der Waals surface area contributed by atoms with E-state index in [0.29, 0.717) is 43.9 Å². The third kappa shape index (κ3) is 5.16. The number of hydrogen-bond donors (Lipinski definition) is 2. The Morgan fingerprint density at radius 3 is 2.46 bits per heavy atom. The van der Waals surface area contributed by atoms with Gasteiger partial charge < -0.3 is 15.3 Å². The van der Waals surface area contributed by atoms with Crippen LogP contribution < -0.4 is 5.32 Å². The summed E-state index contributed by atoms with van der Waals surface area (Å²) in [6, 6.07) is 4.53. The van der Waals surface area contributed by atoms with E-state index in [0.717, 1.165) is 31.5 Å². The van der Waals surface area contributed by atoms with E-state index in [9.17, 15) is 32.7 Å². The molecule has 4 rings (SSSR count). The molecule has 2 amide bonds. The van der Waals surface area contributed by atoms with Crippen LogP contribution in [0.4, 0.5) is 23.8 Å². The van der Waals surface area contributed by atoms with Crippen molar-refractivity contribution in [2.45, 2.75) is 50.9 Å². The van der Waals surface area contributed by atoms with Gasteiger partial charge in [-0.1, -0.05) is 6.07 Å². The monoisotopic (exact) mass is 493 g/mol. The number of aromatic nitrogens is 2. The van der Waals surface area contributed by atoms with E-state index in [1.807, 2.05) is 0 Å². The summed E-state index contributed by atoms with van der Waals surface area (Å²) in [5, 5.41) is 15.9. The molecule has 12 heteroatoms. The van der Waals surface area contributed by atoms with Crippen molar-refractivity contribution in [1.82, 2.24) is 19.6 Å². The summed E-state index contributed by atoms with van der Waals surface area (Å²) in [6.07, 6.45) is -0.0616. The Morgan fingerprint density at radius 2 is 1.83 bits per heavy atom. The van der Waals surface area contributed by atoms with E-state index in [4.69, 9.17) is 0 Å². The Morgan fingerprint density at radius 1 is 1.11 bits per heavy atom. The number of aromatic carboxylic acids is 1. The number of nitrogens with one attached hydrogen (secondary N) is 1. The number of carbonyl (C=O) groups is 3. The predicted octanol–water partition coefficient (Wildman–Crippen LogP) is 3.66. The summed E-state index contributed by atoms with van der Waals surface area (Å²) in [6.45, 7) is 3.41. The quantitative estimate of drug-likeness (QED) is 0.673. The number of alkyl halides is 3. The molecule has 0 bridgehead atoms. The highest BCUT2D eigenvalue weighted by molar-refractivity contribution is 5.90. The van der Waals surface area contributed by atoms with Crippen molar-refractivity contribution < 1.29 is 32.7 Å². The zero-order chi connectivity index (χ0) is 25.4. The molecule has 188 valence electrons. The Balaban J connectivity index is 1.44. The molecule has 2 aromatic rings. The molecule has 3 heterocycles. The lowest BCUT2D eigenvalue weighted by Crippen LogP contribution is -2.53. The fourth-order valence-electron chi connectivity index (χ4n) is 5.08. The zero-order valence-corrected chi connectivity index (χ0v) is 19.1. The number of benzene rings is 1. The van der Waals surface area contributed by atoms with Crippen molar-refractivity contribution >= 4 is 23.7 Å². The molecule has 1 aromatic carbocycles. The van der Waals surface area contributed by atoms with E-state index < -0.39 is 23.3 Å². The van der Waals surface area contributed by atoms with Crippen molar-refractivity contribution in [3.05, 3.63) is 47.2 Å². The molecule has 0 unspecified atom stereocenters. The highest BCUT2D eigenvalue weighted by Gasteiger charge is 2.44. The van der Waals surface area contributed by atoms with Crippen LogP contribution in [0.1, 0.15) is 54.1 Å². The minimum Gasteiger partial charge on any atom is -0.478 e. The maximum atomic E-state index is 13.2.